The van der Waals surface area contributed by atoms with Gasteiger partial charge in [0.15, 0.2) is 0 Å². The molecule has 8 heteroatoms. The molecule has 0 aliphatic carbocycles. The van der Waals surface area contributed by atoms with Gasteiger partial charge in [0.25, 0.3) is 0 Å². The van der Waals surface area contributed by atoms with Gasteiger partial charge in [-0.15, -0.1) is 161 Å². The van der Waals surface area contributed by atoms with Crippen molar-refractivity contribution in [3.05, 3.63) is 146 Å². The summed E-state index contributed by atoms with van der Waals surface area (Å²) in [5, 5.41) is 17.7. The molecule has 0 aliphatic heterocycles. The van der Waals surface area contributed by atoms with Crippen molar-refractivity contribution in [3.8, 4) is 0 Å². The zero-order chi connectivity index (χ0) is 52.5. The van der Waals surface area contributed by atoms with Crippen LogP contribution >= 0.6 is 31.7 Å². The van der Waals surface area contributed by atoms with Crippen molar-refractivity contribution in [2.45, 2.75) is 111 Å². The first-order valence-corrected chi connectivity index (χ1v) is 34.7. The zero-order valence-corrected chi connectivity index (χ0v) is 57.9. The first-order chi connectivity index (χ1) is 34.2. The summed E-state index contributed by atoms with van der Waals surface area (Å²) in [4.78, 5) is 0. The molecule has 0 amide bonds. The Morgan fingerprint density at radius 3 is 0.539 bits per heavy atom. The SMILES string of the molecule is CC(C)CP(CC(C)C)c1cc2ccccc2[cH-]1.CC(C)CP(CC(C)C)c1cc2ccccc2[cH-]1.CC(C)CP(CC(C)C)c1cc2ccccc2[cH-]1.CC(C)CP(CC(C)C)c1cc2ccccc2[cH-]1.[Cl-].[Cl-].[Ti+2].[Ti+2]. The van der Waals surface area contributed by atoms with E-state index < -0.39 is 0 Å². The Morgan fingerprint density at radius 2 is 0.408 bits per heavy atom. The normalized spacial score (nSPS) is 11.5. The fourth-order valence-corrected chi connectivity index (χ4v) is 21.8. The molecule has 8 aromatic carbocycles. The molecule has 0 saturated carbocycles. The zero-order valence-electron chi connectivity index (χ0n) is 49.7. The molecule has 0 heterocycles. The smallest absolute Gasteiger partial charge is 1.00 e. The topological polar surface area (TPSA) is 0 Å². The quantitative estimate of drug-likeness (QED) is 0.0405. The molecule has 412 valence electrons. The maximum absolute atomic E-state index is 2.42. The monoisotopic (exact) mass is 1200 g/mol. The standard InChI is InChI=1S/4C17H24P.2ClH.2Ti/c4*1-13(2)11-18(12-14(3)4)17-9-15-7-5-6-8-16(15)10-17;;;;/h4*5-10,13-14H,11-12H2,1-4H3;2*1H;;/q4*-1;;;2*+2/p-2. The van der Waals surface area contributed by atoms with Crippen LogP contribution in [-0.2, 0) is 43.4 Å². The summed E-state index contributed by atoms with van der Waals surface area (Å²) in [6.45, 7) is 37.5. The average molecular weight is 1200 g/mol. The third-order valence-corrected chi connectivity index (χ3v) is 25.9. The van der Waals surface area contributed by atoms with Crippen molar-refractivity contribution in [1.82, 2.24) is 0 Å². The maximum Gasteiger partial charge on any atom is 2.00 e. The van der Waals surface area contributed by atoms with Crippen LogP contribution in [0.5, 0.6) is 0 Å². The minimum absolute atomic E-state index is 0. The van der Waals surface area contributed by atoms with Gasteiger partial charge < -0.3 is 24.8 Å². The second-order valence-electron chi connectivity index (χ2n) is 24.1. The van der Waals surface area contributed by atoms with Crippen LogP contribution in [0.15, 0.2) is 146 Å². The summed E-state index contributed by atoms with van der Waals surface area (Å²) in [7, 11) is 0.0741. The van der Waals surface area contributed by atoms with Gasteiger partial charge in [-0.05, 0) is 96.6 Å². The van der Waals surface area contributed by atoms with E-state index in [9.17, 15) is 0 Å². The van der Waals surface area contributed by atoms with Gasteiger partial charge in [0.2, 0.25) is 0 Å². The summed E-state index contributed by atoms with van der Waals surface area (Å²) < 4.78 is 0. The van der Waals surface area contributed by atoms with E-state index in [1.807, 2.05) is 0 Å². The summed E-state index contributed by atoms with van der Waals surface area (Å²) in [6, 6.07) is 54.4. The molecule has 0 nitrogen and oxygen atoms in total. The summed E-state index contributed by atoms with van der Waals surface area (Å²) in [6.07, 6.45) is 10.9. The van der Waals surface area contributed by atoms with E-state index in [4.69, 9.17) is 0 Å². The van der Waals surface area contributed by atoms with Crippen molar-refractivity contribution in [2.75, 3.05) is 49.3 Å². The Morgan fingerprint density at radius 1 is 0.263 bits per heavy atom. The van der Waals surface area contributed by atoms with Crippen molar-refractivity contribution >= 4 is 96.0 Å². The largest absolute Gasteiger partial charge is 2.00 e. The Hall–Kier alpha value is -0.951. The van der Waals surface area contributed by atoms with E-state index in [-0.39, 0.29) is 99.9 Å². The molecule has 76 heavy (non-hydrogen) atoms. The number of rotatable bonds is 20. The van der Waals surface area contributed by atoms with Crippen LogP contribution in [0, 0.1) is 47.3 Å². The second-order valence-corrected chi connectivity index (χ2v) is 33.4. The van der Waals surface area contributed by atoms with E-state index >= 15 is 0 Å². The van der Waals surface area contributed by atoms with Crippen molar-refractivity contribution in [1.29, 1.82) is 0 Å². The van der Waals surface area contributed by atoms with E-state index in [1.54, 1.807) is 21.2 Å². The van der Waals surface area contributed by atoms with E-state index in [0.29, 0.717) is 0 Å². The molecule has 0 aliphatic rings. The molecule has 0 fully saturated rings. The number of halogens is 2. The minimum Gasteiger partial charge on any atom is -1.00 e. The first kappa shape index (κ1) is 73.1. The average Bonchev–Trinajstić information content (AvgIpc) is 4.12. The van der Waals surface area contributed by atoms with Gasteiger partial charge in [0, 0.05) is 0 Å². The van der Waals surface area contributed by atoms with Crippen LogP contribution in [0.3, 0.4) is 0 Å². The van der Waals surface area contributed by atoms with Crippen LogP contribution in [0.25, 0.3) is 43.1 Å². The first-order valence-electron chi connectivity index (χ1n) is 27.9. The molecule has 0 bridgehead atoms. The van der Waals surface area contributed by atoms with Gasteiger partial charge in [-0.25, -0.2) is 0 Å². The number of hydrogen-bond acceptors (Lipinski definition) is 0. The van der Waals surface area contributed by atoms with E-state index in [0.717, 1.165) is 47.3 Å². The van der Waals surface area contributed by atoms with Crippen LogP contribution in [0.2, 0.25) is 0 Å². The van der Waals surface area contributed by atoms with Crippen LogP contribution in [0.1, 0.15) is 111 Å². The van der Waals surface area contributed by atoms with Gasteiger partial charge in [-0.1, -0.05) is 167 Å². The third kappa shape index (κ3) is 25.0. The van der Waals surface area contributed by atoms with Gasteiger partial charge >= 0.3 is 43.4 Å². The second kappa shape index (κ2) is 37.2. The Kier molecular flexibility index (Phi) is 35.8. The van der Waals surface area contributed by atoms with Crippen LogP contribution in [0.4, 0.5) is 0 Å². The molecular formula is C68H96Cl2P4Ti2-2. The van der Waals surface area contributed by atoms with Gasteiger partial charge in [0.1, 0.15) is 0 Å². The molecule has 0 unspecified atom stereocenters. The fraction of sp³-hybridized carbons (Fsp3) is 0.471. The van der Waals surface area contributed by atoms with E-state index in [2.05, 4.69) is 256 Å². The summed E-state index contributed by atoms with van der Waals surface area (Å²) >= 11 is 0. The Balaban J connectivity index is 0.000000498. The van der Waals surface area contributed by atoms with Crippen LogP contribution in [-0.4, -0.2) is 49.3 Å². The van der Waals surface area contributed by atoms with Gasteiger partial charge in [-0.3, -0.25) is 0 Å². The maximum atomic E-state index is 2.42. The third-order valence-electron chi connectivity index (χ3n) is 12.6. The van der Waals surface area contributed by atoms with Gasteiger partial charge in [-0.2, -0.15) is 24.3 Å². The summed E-state index contributed by atoms with van der Waals surface area (Å²) in [5.41, 5.74) is 0. The molecule has 0 atom stereocenters. The molecule has 0 radical (unpaired) electrons. The molecule has 0 aromatic heterocycles. The molecule has 0 spiro atoms. The predicted octanol–water partition coefficient (Wildman–Crippen LogP) is 13.9. The molecule has 8 rings (SSSR count). The van der Waals surface area contributed by atoms with Crippen molar-refractivity contribution in [3.63, 3.8) is 0 Å². The predicted molar refractivity (Wildman–Crippen MR) is 342 cm³/mol. The fourth-order valence-electron chi connectivity index (χ4n) is 9.93. The molecule has 8 aromatic rings. The molecule has 0 N–H and O–H groups in total. The van der Waals surface area contributed by atoms with Gasteiger partial charge in [0.05, 0.1) is 0 Å². The number of benzene rings is 4. The van der Waals surface area contributed by atoms with Crippen molar-refractivity contribution in [2.24, 2.45) is 47.3 Å². The summed E-state index contributed by atoms with van der Waals surface area (Å²) in [5.74, 6) is 6.39. The Labute approximate surface area is 512 Å². The van der Waals surface area contributed by atoms with Crippen molar-refractivity contribution < 1.29 is 68.2 Å². The molecular weight excluding hydrogens is 1110 g/mol. The molecule has 0 saturated heterocycles. The minimum atomic E-state index is 0. The van der Waals surface area contributed by atoms with E-state index in [1.165, 1.54) is 92.4 Å². The Bertz CT molecular complexity index is 2200. The number of fused-ring (bicyclic) bond motifs is 4. The number of hydrogen-bond donors (Lipinski definition) is 0. The van der Waals surface area contributed by atoms with Crippen LogP contribution < -0.4 is 46.0 Å².